The Kier molecular flexibility index (Phi) is 4.61. The SMILES string of the molecule is CC1(C(=O)NC(CO)(CO)CO)CCCS1. The highest BCUT2D eigenvalue weighted by atomic mass is 32.2. The Bertz CT molecular complexity index is 241. The zero-order valence-corrected chi connectivity index (χ0v) is 10.2. The Morgan fingerprint density at radius 2 is 1.94 bits per heavy atom. The average molecular weight is 249 g/mol. The predicted octanol–water partition coefficient (Wildman–Crippen LogP) is -0.896. The van der Waals surface area contributed by atoms with Crippen LogP contribution in [-0.2, 0) is 4.79 Å². The molecule has 0 radical (unpaired) electrons. The minimum atomic E-state index is -1.32. The van der Waals surface area contributed by atoms with Crippen LogP contribution in [0.1, 0.15) is 19.8 Å². The number of thioether (sulfide) groups is 1. The molecule has 1 amide bonds. The van der Waals surface area contributed by atoms with Gasteiger partial charge in [-0.15, -0.1) is 11.8 Å². The highest BCUT2D eigenvalue weighted by Gasteiger charge is 2.41. The summed E-state index contributed by atoms with van der Waals surface area (Å²) in [5, 5.41) is 29.9. The van der Waals surface area contributed by atoms with E-state index in [4.69, 9.17) is 15.3 Å². The van der Waals surface area contributed by atoms with Crippen molar-refractivity contribution in [3.63, 3.8) is 0 Å². The van der Waals surface area contributed by atoms with Gasteiger partial charge in [0.1, 0.15) is 5.54 Å². The normalized spacial score (nSPS) is 25.8. The van der Waals surface area contributed by atoms with Gasteiger partial charge in [0.05, 0.1) is 24.6 Å². The zero-order valence-electron chi connectivity index (χ0n) is 9.40. The fourth-order valence-electron chi connectivity index (χ4n) is 1.60. The summed E-state index contributed by atoms with van der Waals surface area (Å²) in [5.41, 5.74) is -1.32. The lowest BCUT2D eigenvalue weighted by atomic mass is 9.99. The molecule has 0 aromatic heterocycles. The molecule has 0 spiro atoms. The Morgan fingerprint density at radius 1 is 1.38 bits per heavy atom. The van der Waals surface area contributed by atoms with E-state index >= 15 is 0 Å². The van der Waals surface area contributed by atoms with Crippen LogP contribution in [0.15, 0.2) is 0 Å². The standard InChI is InChI=1S/C10H19NO4S/c1-9(3-2-4-16-9)8(15)11-10(5-12,6-13)7-14/h12-14H,2-7H2,1H3,(H,11,15). The van der Waals surface area contributed by atoms with E-state index in [1.165, 1.54) is 0 Å². The van der Waals surface area contributed by atoms with Crippen molar-refractivity contribution < 1.29 is 20.1 Å². The van der Waals surface area contributed by atoms with Gasteiger partial charge in [-0.25, -0.2) is 0 Å². The molecule has 0 aliphatic carbocycles. The molecular formula is C10H19NO4S. The van der Waals surface area contributed by atoms with Crippen molar-refractivity contribution >= 4 is 17.7 Å². The second-order valence-electron chi connectivity index (χ2n) is 4.39. The molecule has 1 atom stereocenters. The van der Waals surface area contributed by atoms with E-state index in [1.807, 2.05) is 6.92 Å². The van der Waals surface area contributed by atoms with E-state index in [0.717, 1.165) is 18.6 Å². The van der Waals surface area contributed by atoms with Crippen LogP contribution in [-0.4, -0.2) is 57.1 Å². The van der Waals surface area contributed by atoms with Crippen molar-refractivity contribution in [2.45, 2.75) is 30.1 Å². The number of amides is 1. The highest BCUT2D eigenvalue weighted by Crippen LogP contribution is 2.38. The minimum absolute atomic E-state index is 0.229. The molecule has 16 heavy (non-hydrogen) atoms. The van der Waals surface area contributed by atoms with E-state index in [9.17, 15) is 4.79 Å². The Hall–Kier alpha value is -0.300. The summed E-state index contributed by atoms with van der Waals surface area (Å²) >= 11 is 1.57. The summed E-state index contributed by atoms with van der Waals surface area (Å²) in [6, 6.07) is 0. The third-order valence-electron chi connectivity index (χ3n) is 2.99. The number of hydrogen-bond acceptors (Lipinski definition) is 5. The summed E-state index contributed by atoms with van der Waals surface area (Å²) in [5.74, 6) is 0.709. The Morgan fingerprint density at radius 3 is 2.31 bits per heavy atom. The van der Waals surface area contributed by atoms with Gasteiger partial charge in [0, 0.05) is 0 Å². The van der Waals surface area contributed by atoms with Crippen LogP contribution in [0.5, 0.6) is 0 Å². The Labute approximate surface area is 99.2 Å². The van der Waals surface area contributed by atoms with Crippen LogP contribution < -0.4 is 5.32 Å². The maximum absolute atomic E-state index is 12.0. The minimum Gasteiger partial charge on any atom is -0.394 e. The first-order chi connectivity index (χ1) is 7.52. The van der Waals surface area contributed by atoms with Crippen LogP contribution in [0, 0.1) is 0 Å². The quantitative estimate of drug-likeness (QED) is 0.507. The lowest BCUT2D eigenvalue weighted by molar-refractivity contribution is -0.127. The van der Waals surface area contributed by atoms with Gasteiger partial charge in [-0.1, -0.05) is 0 Å². The fourth-order valence-corrected chi connectivity index (χ4v) is 2.81. The van der Waals surface area contributed by atoms with Crippen molar-refractivity contribution in [2.24, 2.45) is 0 Å². The second kappa shape index (κ2) is 5.35. The summed E-state index contributed by atoms with van der Waals surface area (Å²) < 4.78 is -0.509. The number of carbonyl (C=O) groups excluding carboxylic acids is 1. The molecule has 1 saturated heterocycles. The third-order valence-corrected chi connectivity index (χ3v) is 4.51. The van der Waals surface area contributed by atoms with Crippen molar-refractivity contribution in [2.75, 3.05) is 25.6 Å². The molecule has 1 aliphatic rings. The maximum atomic E-state index is 12.0. The Balaban J connectivity index is 2.68. The molecule has 1 rings (SSSR count). The molecule has 1 aliphatic heterocycles. The van der Waals surface area contributed by atoms with Crippen molar-refractivity contribution in [1.82, 2.24) is 5.32 Å². The molecule has 4 N–H and O–H groups in total. The summed E-state index contributed by atoms with van der Waals surface area (Å²) in [6.45, 7) is 0.405. The van der Waals surface area contributed by atoms with Crippen LogP contribution >= 0.6 is 11.8 Å². The summed E-state index contributed by atoms with van der Waals surface area (Å²) in [6.07, 6.45) is 1.76. The highest BCUT2D eigenvalue weighted by molar-refractivity contribution is 8.01. The monoisotopic (exact) mass is 249 g/mol. The van der Waals surface area contributed by atoms with Gasteiger partial charge in [-0.05, 0) is 25.5 Å². The smallest absolute Gasteiger partial charge is 0.236 e. The molecule has 1 fully saturated rings. The first-order valence-electron chi connectivity index (χ1n) is 5.31. The lowest BCUT2D eigenvalue weighted by Gasteiger charge is -2.32. The zero-order chi connectivity index (χ0) is 12.2. The van der Waals surface area contributed by atoms with Gasteiger partial charge >= 0.3 is 0 Å². The molecule has 0 aromatic carbocycles. The van der Waals surface area contributed by atoms with Crippen LogP contribution in [0.4, 0.5) is 0 Å². The van der Waals surface area contributed by atoms with E-state index in [-0.39, 0.29) is 5.91 Å². The van der Waals surface area contributed by atoms with E-state index in [0.29, 0.717) is 0 Å². The van der Waals surface area contributed by atoms with Gasteiger partial charge in [0.25, 0.3) is 0 Å². The molecular weight excluding hydrogens is 230 g/mol. The number of nitrogens with one attached hydrogen (secondary N) is 1. The number of hydrogen-bond donors (Lipinski definition) is 4. The summed E-state index contributed by atoms with van der Waals surface area (Å²) in [7, 11) is 0. The maximum Gasteiger partial charge on any atom is 0.236 e. The molecule has 94 valence electrons. The van der Waals surface area contributed by atoms with Gasteiger partial charge in [0.2, 0.25) is 5.91 Å². The van der Waals surface area contributed by atoms with E-state index < -0.39 is 30.1 Å². The number of rotatable bonds is 5. The first kappa shape index (κ1) is 13.8. The van der Waals surface area contributed by atoms with Gasteiger partial charge in [-0.3, -0.25) is 4.79 Å². The third kappa shape index (κ3) is 2.68. The number of carbonyl (C=O) groups is 1. The van der Waals surface area contributed by atoms with Crippen molar-refractivity contribution in [3.8, 4) is 0 Å². The topological polar surface area (TPSA) is 89.8 Å². The molecule has 1 heterocycles. The summed E-state index contributed by atoms with van der Waals surface area (Å²) in [4.78, 5) is 12.0. The van der Waals surface area contributed by atoms with Crippen LogP contribution in [0.25, 0.3) is 0 Å². The molecule has 6 heteroatoms. The van der Waals surface area contributed by atoms with Crippen LogP contribution in [0.3, 0.4) is 0 Å². The molecule has 1 unspecified atom stereocenters. The van der Waals surface area contributed by atoms with Gasteiger partial charge in [-0.2, -0.15) is 0 Å². The van der Waals surface area contributed by atoms with Gasteiger partial charge < -0.3 is 20.6 Å². The molecule has 5 nitrogen and oxygen atoms in total. The molecule has 0 bridgehead atoms. The van der Waals surface area contributed by atoms with Gasteiger partial charge in [0.15, 0.2) is 0 Å². The largest absolute Gasteiger partial charge is 0.394 e. The second-order valence-corrected chi connectivity index (χ2v) is 5.99. The van der Waals surface area contributed by atoms with Crippen molar-refractivity contribution in [3.05, 3.63) is 0 Å². The first-order valence-corrected chi connectivity index (χ1v) is 6.30. The van der Waals surface area contributed by atoms with E-state index in [2.05, 4.69) is 5.32 Å². The number of aliphatic hydroxyl groups is 3. The van der Waals surface area contributed by atoms with Crippen LogP contribution in [0.2, 0.25) is 0 Å². The molecule has 0 saturated carbocycles. The average Bonchev–Trinajstić information content (AvgIpc) is 2.74. The van der Waals surface area contributed by atoms with Crippen molar-refractivity contribution in [1.29, 1.82) is 0 Å². The predicted molar refractivity (Wildman–Crippen MR) is 62.2 cm³/mol. The lowest BCUT2D eigenvalue weighted by Crippen LogP contribution is -2.60. The fraction of sp³-hybridized carbons (Fsp3) is 0.900. The van der Waals surface area contributed by atoms with E-state index in [1.54, 1.807) is 11.8 Å². The molecule has 0 aromatic rings. The number of aliphatic hydroxyl groups excluding tert-OH is 3.